The molecule has 0 aromatic rings. The molecule has 0 saturated heterocycles. The van der Waals surface area contributed by atoms with Crippen LogP contribution in [-0.2, 0) is 9.59 Å². The largest absolute Gasteiger partial charge is 0.478 e. The van der Waals surface area contributed by atoms with Crippen LogP contribution in [0.25, 0.3) is 0 Å². The van der Waals surface area contributed by atoms with E-state index in [2.05, 4.69) is 0 Å². The van der Waals surface area contributed by atoms with Gasteiger partial charge in [0.25, 0.3) is 0 Å². The number of allylic oxidation sites excluding steroid dienone is 1. The molecule has 72 valence electrons. The lowest BCUT2D eigenvalue weighted by Gasteiger charge is -2.19. The van der Waals surface area contributed by atoms with Gasteiger partial charge < -0.3 is 5.11 Å². The Morgan fingerprint density at radius 3 is 2.85 bits per heavy atom. The van der Waals surface area contributed by atoms with Crippen LogP contribution in [0.2, 0.25) is 0 Å². The van der Waals surface area contributed by atoms with Crippen molar-refractivity contribution in [2.75, 3.05) is 0 Å². The monoisotopic (exact) mass is 200 g/mol. The van der Waals surface area contributed by atoms with Gasteiger partial charge in [-0.05, 0) is 19.3 Å². The lowest BCUT2D eigenvalue weighted by molar-refractivity contribution is -0.132. The van der Waals surface area contributed by atoms with Gasteiger partial charge in [-0.1, -0.05) is 17.8 Å². The Bertz CT molecular complexity index is 258. The van der Waals surface area contributed by atoms with E-state index in [1.165, 1.54) is 6.92 Å². The van der Waals surface area contributed by atoms with Crippen LogP contribution in [-0.4, -0.2) is 21.4 Å². The fourth-order valence-corrected chi connectivity index (χ4v) is 2.40. The smallest absolute Gasteiger partial charge is 0.332 e. The van der Waals surface area contributed by atoms with Crippen molar-refractivity contribution in [3.8, 4) is 0 Å². The van der Waals surface area contributed by atoms with E-state index in [9.17, 15) is 9.59 Å². The highest BCUT2D eigenvalue weighted by Crippen LogP contribution is 2.29. The number of hydrogen-bond donors (Lipinski definition) is 1. The van der Waals surface area contributed by atoms with Crippen LogP contribution in [0, 0.1) is 0 Å². The third kappa shape index (κ3) is 2.88. The van der Waals surface area contributed by atoms with Crippen LogP contribution in [0.1, 0.15) is 26.2 Å². The van der Waals surface area contributed by atoms with Gasteiger partial charge in [0.15, 0.2) is 5.12 Å². The van der Waals surface area contributed by atoms with E-state index < -0.39 is 5.97 Å². The van der Waals surface area contributed by atoms with Crippen molar-refractivity contribution in [1.29, 1.82) is 0 Å². The summed E-state index contributed by atoms with van der Waals surface area (Å²) in [6.07, 6.45) is 4.31. The fraction of sp³-hybridized carbons (Fsp3) is 0.556. The highest BCUT2D eigenvalue weighted by Gasteiger charge is 2.24. The molecule has 3 nitrogen and oxygen atoms in total. The summed E-state index contributed by atoms with van der Waals surface area (Å²) in [5, 5.41) is 8.68. The number of carbonyl (C=O) groups is 2. The molecule has 1 atom stereocenters. The molecule has 13 heavy (non-hydrogen) atoms. The van der Waals surface area contributed by atoms with Crippen molar-refractivity contribution in [2.24, 2.45) is 0 Å². The summed E-state index contributed by atoms with van der Waals surface area (Å²) < 4.78 is 0. The maximum absolute atomic E-state index is 10.8. The van der Waals surface area contributed by atoms with Crippen LogP contribution in [0.4, 0.5) is 0 Å². The molecule has 0 spiro atoms. The topological polar surface area (TPSA) is 54.4 Å². The van der Waals surface area contributed by atoms with E-state index >= 15 is 0 Å². The van der Waals surface area contributed by atoms with E-state index in [0.29, 0.717) is 5.57 Å². The Morgan fingerprint density at radius 2 is 2.31 bits per heavy atom. The van der Waals surface area contributed by atoms with Crippen LogP contribution >= 0.6 is 11.8 Å². The standard InChI is InChI=1S/C9H12O3S/c1-6(10)13-8-5-3-2-4-7(8)9(11)12/h4,8H,2-3,5H2,1H3,(H,11,12). The van der Waals surface area contributed by atoms with Gasteiger partial charge in [0.1, 0.15) is 0 Å². The second-order valence-electron chi connectivity index (χ2n) is 2.99. The van der Waals surface area contributed by atoms with E-state index in [4.69, 9.17) is 5.11 Å². The summed E-state index contributed by atoms with van der Waals surface area (Å²) in [7, 11) is 0. The zero-order chi connectivity index (χ0) is 9.84. The maximum Gasteiger partial charge on any atom is 0.332 e. The quantitative estimate of drug-likeness (QED) is 0.738. The Balaban J connectivity index is 2.70. The average Bonchev–Trinajstić information content (AvgIpc) is 2.03. The van der Waals surface area contributed by atoms with Gasteiger partial charge in [-0.25, -0.2) is 4.79 Å². The molecule has 0 aromatic heterocycles. The summed E-state index contributed by atoms with van der Waals surface area (Å²) in [6, 6.07) is 0. The first-order chi connectivity index (χ1) is 6.11. The summed E-state index contributed by atoms with van der Waals surface area (Å²) in [5.41, 5.74) is 0.395. The highest BCUT2D eigenvalue weighted by molar-refractivity contribution is 8.14. The zero-order valence-electron chi connectivity index (χ0n) is 7.45. The molecule has 1 N–H and O–H groups in total. The van der Waals surface area contributed by atoms with Crippen molar-refractivity contribution in [1.82, 2.24) is 0 Å². The van der Waals surface area contributed by atoms with Gasteiger partial charge in [-0.3, -0.25) is 4.79 Å². The fourth-order valence-electron chi connectivity index (χ4n) is 1.40. The molecular formula is C9H12O3S. The van der Waals surface area contributed by atoms with E-state index in [0.717, 1.165) is 31.0 Å². The molecule has 0 saturated carbocycles. The van der Waals surface area contributed by atoms with Crippen molar-refractivity contribution in [3.05, 3.63) is 11.6 Å². The molecule has 1 aliphatic rings. The molecule has 1 aliphatic carbocycles. The molecule has 0 bridgehead atoms. The number of carboxylic acids is 1. The van der Waals surface area contributed by atoms with Gasteiger partial charge in [0, 0.05) is 17.7 Å². The van der Waals surface area contributed by atoms with E-state index in [1.54, 1.807) is 6.08 Å². The Labute approximate surface area is 81.2 Å². The first-order valence-electron chi connectivity index (χ1n) is 4.22. The van der Waals surface area contributed by atoms with E-state index in [-0.39, 0.29) is 10.4 Å². The van der Waals surface area contributed by atoms with Gasteiger partial charge in [-0.15, -0.1) is 0 Å². The second-order valence-corrected chi connectivity index (χ2v) is 4.37. The molecule has 0 amide bonds. The molecule has 0 radical (unpaired) electrons. The van der Waals surface area contributed by atoms with Crippen LogP contribution in [0.3, 0.4) is 0 Å². The molecule has 0 aliphatic heterocycles. The average molecular weight is 200 g/mol. The van der Waals surface area contributed by atoms with Crippen molar-refractivity contribution in [2.45, 2.75) is 31.4 Å². The molecule has 0 aromatic carbocycles. The molecule has 4 heteroatoms. The van der Waals surface area contributed by atoms with E-state index in [1.807, 2.05) is 0 Å². The number of aliphatic carboxylic acids is 1. The first kappa shape index (κ1) is 10.3. The zero-order valence-corrected chi connectivity index (χ0v) is 8.26. The molecule has 1 unspecified atom stereocenters. The minimum absolute atomic E-state index is 0.0148. The van der Waals surface area contributed by atoms with Gasteiger partial charge in [0.05, 0.1) is 0 Å². The van der Waals surface area contributed by atoms with Gasteiger partial charge >= 0.3 is 5.97 Å². The van der Waals surface area contributed by atoms with Crippen molar-refractivity contribution in [3.63, 3.8) is 0 Å². The number of thioether (sulfide) groups is 1. The summed E-state index contributed by atoms with van der Waals surface area (Å²) >= 11 is 1.12. The van der Waals surface area contributed by atoms with Crippen LogP contribution in [0.15, 0.2) is 11.6 Å². The van der Waals surface area contributed by atoms with Crippen molar-refractivity contribution < 1.29 is 14.7 Å². The summed E-state index contributed by atoms with van der Waals surface area (Å²) in [5.74, 6) is -0.890. The van der Waals surface area contributed by atoms with Crippen molar-refractivity contribution >= 4 is 22.8 Å². The first-order valence-corrected chi connectivity index (χ1v) is 5.10. The lowest BCUT2D eigenvalue weighted by atomic mass is 9.99. The van der Waals surface area contributed by atoms with Gasteiger partial charge in [0.2, 0.25) is 0 Å². The Morgan fingerprint density at radius 1 is 1.62 bits per heavy atom. The number of carboxylic acid groups (broad SMARTS) is 1. The molecular weight excluding hydrogens is 188 g/mol. The lowest BCUT2D eigenvalue weighted by Crippen LogP contribution is -2.19. The summed E-state index contributed by atoms with van der Waals surface area (Å²) in [6.45, 7) is 1.47. The van der Waals surface area contributed by atoms with Crippen LogP contribution < -0.4 is 0 Å². The minimum atomic E-state index is -0.890. The molecule has 1 rings (SSSR count). The third-order valence-corrected chi connectivity index (χ3v) is 3.04. The Hall–Kier alpha value is -0.770. The minimum Gasteiger partial charge on any atom is -0.478 e. The number of hydrogen-bond acceptors (Lipinski definition) is 3. The second kappa shape index (κ2) is 4.46. The third-order valence-electron chi connectivity index (χ3n) is 1.94. The molecule has 0 heterocycles. The highest BCUT2D eigenvalue weighted by atomic mass is 32.2. The van der Waals surface area contributed by atoms with Crippen LogP contribution in [0.5, 0.6) is 0 Å². The Kier molecular flexibility index (Phi) is 3.54. The number of rotatable bonds is 2. The SMILES string of the molecule is CC(=O)SC1CCCC=C1C(=O)O. The normalized spacial score (nSPS) is 22.2. The molecule has 0 fully saturated rings. The predicted molar refractivity (Wildman–Crippen MR) is 51.6 cm³/mol. The predicted octanol–water partition coefficient (Wildman–Crippen LogP) is 1.83. The summed E-state index contributed by atoms with van der Waals surface area (Å²) in [4.78, 5) is 21.6. The number of carbonyl (C=O) groups excluding carboxylic acids is 1. The maximum atomic E-state index is 10.8. The van der Waals surface area contributed by atoms with Gasteiger partial charge in [-0.2, -0.15) is 0 Å².